The van der Waals surface area contributed by atoms with Gasteiger partial charge >= 0.3 is 0 Å². The van der Waals surface area contributed by atoms with Crippen molar-refractivity contribution in [1.82, 2.24) is 20.2 Å². The number of unbranched alkanes of at least 4 members (excludes halogenated alkanes) is 1. The Kier molecular flexibility index (Phi) is 6.09. The van der Waals surface area contributed by atoms with Crippen LogP contribution in [0.15, 0.2) is 12.5 Å². The summed E-state index contributed by atoms with van der Waals surface area (Å²) < 4.78 is 0. The summed E-state index contributed by atoms with van der Waals surface area (Å²) in [4.78, 5) is 33.3. The van der Waals surface area contributed by atoms with Crippen LogP contribution in [0.3, 0.4) is 0 Å². The number of aromatic nitrogens is 2. The molecule has 7 nitrogen and oxygen atoms in total. The molecule has 0 bridgehead atoms. The van der Waals surface area contributed by atoms with Crippen LogP contribution in [0.5, 0.6) is 0 Å². The first-order valence-electron chi connectivity index (χ1n) is 7.93. The molecule has 2 heterocycles. The molecule has 0 saturated carbocycles. The monoisotopic (exact) mass is 307 g/mol. The predicted octanol–water partition coefficient (Wildman–Crippen LogP) is 0.187. The van der Waals surface area contributed by atoms with Gasteiger partial charge < -0.3 is 10.7 Å². The van der Waals surface area contributed by atoms with E-state index in [2.05, 4.69) is 27.1 Å². The number of amides is 2. The maximum Gasteiger partial charge on any atom is 0.243 e. The van der Waals surface area contributed by atoms with Crippen LogP contribution in [-0.2, 0) is 16.0 Å². The molecular formula is C15H25N5O2. The number of aromatic amines is 1. The van der Waals surface area contributed by atoms with Gasteiger partial charge in [0.05, 0.1) is 18.4 Å². The highest BCUT2D eigenvalue weighted by molar-refractivity contribution is 6.00. The molecule has 2 amide bonds. The summed E-state index contributed by atoms with van der Waals surface area (Å²) in [7, 11) is 0. The van der Waals surface area contributed by atoms with Crippen LogP contribution in [0.2, 0.25) is 0 Å². The molecule has 1 aliphatic rings. The highest BCUT2D eigenvalue weighted by Crippen LogP contribution is 2.17. The van der Waals surface area contributed by atoms with Gasteiger partial charge in [0.1, 0.15) is 0 Å². The minimum atomic E-state index is -0.755. The van der Waals surface area contributed by atoms with Gasteiger partial charge in [-0.25, -0.2) is 4.98 Å². The molecule has 4 N–H and O–H groups in total. The molecule has 0 unspecified atom stereocenters. The SMILES string of the molecule is CCCCN1CCC[C@H]1C(=O)NC(=O)[C@@H](N)Cc1cnc[nH]1. The lowest BCUT2D eigenvalue weighted by molar-refractivity contribution is -0.133. The average Bonchev–Trinajstić information content (AvgIpc) is 3.15. The van der Waals surface area contributed by atoms with Crippen molar-refractivity contribution in [2.75, 3.05) is 13.1 Å². The number of nitrogens with two attached hydrogens (primary N) is 1. The second kappa shape index (κ2) is 8.05. The molecule has 7 heteroatoms. The van der Waals surface area contributed by atoms with Crippen molar-refractivity contribution in [2.24, 2.45) is 5.73 Å². The Hall–Kier alpha value is -1.73. The van der Waals surface area contributed by atoms with Crippen molar-refractivity contribution >= 4 is 11.8 Å². The fraction of sp³-hybridized carbons (Fsp3) is 0.667. The van der Waals surface area contributed by atoms with Crippen LogP contribution < -0.4 is 11.1 Å². The largest absolute Gasteiger partial charge is 0.348 e. The van der Waals surface area contributed by atoms with Crippen molar-refractivity contribution in [3.05, 3.63) is 18.2 Å². The van der Waals surface area contributed by atoms with Gasteiger partial charge in [0.25, 0.3) is 0 Å². The summed E-state index contributed by atoms with van der Waals surface area (Å²) in [6, 6.07) is -0.954. The van der Waals surface area contributed by atoms with Crippen molar-refractivity contribution in [1.29, 1.82) is 0 Å². The number of carbonyl (C=O) groups is 2. The molecule has 0 spiro atoms. The van der Waals surface area contributed by atoms with E-state index in [1.165, 1.54) is 6.33 Å². The number of carbonyl (C=O) groups excluding carboxylic acids is 2. The summed E-state index contributed by atoms with van der Waals surface area (Å²) in [5.74, 6) is -0.652. The van der Waals surface area contributed by atoms with Gasteiger partial charge in [0.2, 0.25) is 11.8 Å². The van der Waals surface area contributed by atoms with E-state index in [0.29, 0.717) is 6.42 Å². The highest BCUT2D eigenvalue weighted by Gasteiger charge is 2.31. The lowest BCUT2D eigenvalue weighted by Crippen LogP contribution is -2.50. The molecule has 0 aromatic carbocycles. The zero-order chi connectivity index (χ0) is 15.9. The molecule has 122 valence electrons. The number of nitrogens with one attached hydrogen (secondary N) is 2. The predicted molar refractivity (Wildman–Crippen MR) is 82.9 cm³/mol. The number of nitrogens with zero attached hydrogens (tertiary/aromatic N) is 2. The molecule has 22 heavy (non-hydrogen) atoms. The topological polar surface area (TPSA) is 104 Å². The van der Waals surface area contributed by atoms with Crippen LogP contribution in [0.25, 0.3) is 0 Å². The second-order valence-corrected chi connectivity index (χ2v) is 5.79. The molecule has 1 aromatic rings. The minimum Gasteiger partial charge on any atom is -0.348 e. The highest BCUT2D eigenvalue weighted by atomic mass is 16.2. The Balaban J connectivity index is 1.83. The molecule has 1 aliphatic heterocycles. The number of imidazole rings is 1. The fourth-order valence-corrected chi connectivity index (χ4v) is 2.78. The quantitative estimate of drug-likeness (QED) is 0.667. The number of rotatable bonds is 7. The maximum absolute atomic E-state index is 12.3. The van der Waals surface area contributed by atoms with Gasteiger partial charge in [-0.05, 0) is 32.4 Å². The first kappa shape index (κ1) is 16.6. The smallest absolute Gasteiger partial charge is 0.243 e. The number of H-pyrrole nitrogens is 1. The maximum atomic E-state index is 12.3. The molecule has 0 aliphatic carbocycles. The van der Waals surface area contributed by atoms with Gasteiger partial charge in [-0.3, -0.25) is 19.8 Å². The van der Waals surface area contributed by atoms with Gasteiger partial charge in [0.15, 0.2) is 0 Å². The van der Waals surface area contributed by atoms with E-state index in [1.54, 1.807) is 6.20 Å². The summed E-state index contributed by atoms with van der Waals surface area (Å²) in [5.41, 5.74) is 6.62. The zero-order valence-corrected chi connectivity index (χ0v) is 13.0. The van der Waals surface area contributed by atoms with Crippen LogP contribution in [0.4, 0.5) is 0 Å². The Morgan fingerprint density at radius 2 is 2.41 bits per heavy atom. The van der Waals surface area contributed by atoms with E-state index in [9.17, 15) is 9.59 Å². The van der Waals surface area contributed by atoms with Gasteiger partial charge in [-0.1, -0.05) is 13.3 Å². The van der Waals surface area contributed by atoms with Crippen molar-refractivity contribution in [3.8, 4) is 0 Å². The molecule has 1 aromatic heterocycles. The van der Waals surface area contributed by atoms with E-state index in [-0.39, 0.29) is 11.9 Å². The minimum absolute atomic E-state index is 0.199. The van der Waals surface area contributed by atoms with Crippen LogP contribution >= 0.6 is 0 Å². The van der Waals surface area contributed by atoms with Gasteiger partial charge in [-0.2, -0.15) is 0 Å². The Morgan fingerprint density at radius 3 is 3.09 bits per heavy atom. The number of likely N-dealkylation sites (tertiary alicyclic amines) is 1. The van der Waals surface area contributed by atoms with Crippen LogP contribution in [0, 0.1) is 0 Å². The number of hydrogen-bond acceptors (Lipinski definition) is 5. The van der Waals surface area contributed by atoms with E-state index in [1.807, 2.05) is 0 Å². The zero-order valence-electron chi connectivity index (χ0n) is 13.0. The Labute approximate surface area is 130 Å². The summed E-state index contributed by atoms with van der Waals surface area (Å²) in [6.07, 6.45) is 7.46. The normalized spacial score (nSPS) is 20.0. The molecular weight excluding hydrogens is 282 g/mol. The standard InChI is InChI=1S/C15H25N5O2/c1-2-3-6-20-7-4-5-13(20)15(22)19-14(21)12(16)8-11-9-17-10-18-11/h9-10,12-13H,2-8,16H2,1H3,(H,17,18)(H,19,21,22)/t12-,13-/m0/s1. The molecule has 1 fully saturated rings. The van der Waals surface area contributed by atoms with Gasteiger partial charge in [-0.15, -0.1) is 0 Å². The number of hydrogen-bond donors (Lipinski definition) is 3. The lowest BCUT2D eigenvalue weighted by atomic mass is 10.1. The van der Waals surface area contributed by atoms with Crippen molar-refractivity contribution in [3.63, 3.8) is 0 Å². The van der Waals surface area contributed by atoms with Crippen LogP contribution in [0.1, 0.15) is 38.3 Å². The molecule has 1 saturated heterocycles. The summed E-state index contributed by atoms with van der Waals surface area (Å²) in [6.45, 7) is 3.96. The van der Waals surface area contributed by atoms with Crippen LogP contribution in [-0.4, -0.2) is 51.9 Å². The first-order chi connectivity index (χ1) is 10.6. The fourth-order valence-electron chi connectivity index (χ4n) is 2.78. The average molecular weight is 307 g/mol. The molecule has 0 radical (unpaired) electrons. The first-order valence-corrected chi connectivity index (χ1v) is 7.93. The van der Waals surface area contributed by atoms with Gasteiger partial charge in [0, 0.05) is 18.3 Å². The summed E-state index contributed by atoms with van der Waals surface area (Å²) >= 11 is 0. The summed E-state index contributed by atoms with van der Waals surface area (Å²) in [5, 5.41) is 2.46. The van der Waals surface area contributed by atoms with E-state index in [4.69, 9.17) is 5.73 Å². The lowest BCUT2D eigenvalue weighted by Gasteiger charge is -2.23. The third-order valence-corrected chi connectivity index (χ3v) is 4.04. The van der Waals surface area contributed by atoms with E-state index >= 15 is 0 Å². The van der Waals surface area contributed by atoms with E-state index < -0.39 is 11.9 Å². The second-order valence-electron chi connectivity index (χ2n) is 5.79. The third kappa shape index (κ3) is 4.38. The van der Waals surface area contributed by atoms with E-state index in [0.717, 1.165) is 44.5 Å². The Morgan fingerprint density at radius 1 is 1.59 bits per heavy atom. The molecule has 2 rings (SSSR count). The van der Waals surface area contributed by atoms with Crippen molar-refractivity contribution in [2.45, 2.75) is 51.1 Å². The Bertz CT molecular complexity index is 488. The molecule has 2 atom stereocenters. The number of imide groups is 1. The van der Waals surface area contributed by atoms with Crippen molar-refractivity contribution < 1.29 is 9.59 Å². The third-order valence-electron chi connectivity index (χ3n) is 4.04.